The van der Waals surface area contributed by atoms with E-state index >= 15 is 0 Å². The van der Waals surface area contributed by atoms with Gasteiger partial charge in [0.1, 0.15) is 11.6 Å². The Kier molecular flexibility index (Phi) is 8.11. The lowest BCUT2D eigenvalue weighted by Crippen LogP contribution is -2.56. The van der Waals surface area contributed by atoms with Crippen LogP contribution in [0.5, 0.6) is 5.75 Å². The van der Waals surface area contributed by atoms with Crippen molar-refractivity contribution in [1.29, 1.82) is 5.41 Å². The molecule has 0 radical (unpaired) electrons. The zero-order valence-electron chi connectivity index (χ0n) is 19.8. The Morgan fingerprint density at radius 3 is 2.56 bits per heavy atom. The third kappa shape index (κ3) is 6.07. The lowest BCUT2D eigenvalue weighted by molar-refractivity contribution is -0.274. The second kappa shape index (κ2) is 10.9. The molecule has 0 saturated heterocycles. The van der Waals surface area contributed by atoms with Crippen LogP contribution in [0.4, 0.5) is 23.2 Å². The first-order chi connectivity index (χ1) is 16.9. The lowest BCUT2D eigenvalue weighted by atomic mass is 9.76. The third-order valence-electron chi connectivity index (χ3n) is 5.61. The summed E-state index contributed by atoms with van der Waals surface area (Å²) in [6.45, 7) is 4.09. The molecule has 0 aliphatic carbocycles. The number of anilines is 1. The summed E-state index contributed by atoms with van der Waals surface area (Å²) in [7, 11) is 1.51. The number of nitrogens with zero attached hydrogens (tertiary/aromatic N) is 2. The molecule has 7 nitrogen and oxygen atoms in total. The van der Waals surface area contributed by atoms with Crippen molar-refractivity contribution < 1.29 is 31.9 Å². The Labute approximate surface area is 205 Å². The van der Waals surface area contributed by atoms with Gasteiger partial charge in [-0.2, -0.15) is 0 Å². The number of carbonyl (C=O) groups is 2. The molecule has 1 heterocycles. The fraction of sp³-hybridized carbons (Fsp3) is 0.360. The molecule has 1 aliphatic rings. The van der Waals surface area contributed by atoms with Gasteiger partial charge in [-0.25, -0.2) is 4.39 Å². The quantitative estimate of drug-likeness (QED) is 0.394. The van der Waals surface area contributed by atoms with Crippen molar-refractivity contribution in [3.05, 3.63) is 59.4 Å². The highest BCUT2D eigenvalue weighted by molar-refractivity contribution is 6.05. The highest BCUT2D eigenvalue weighted by Crippen LogP contribution is 2.38. The average Bonchev–Trinajstić information content (AvgIpc) is 2.77. The van der Waals surface area contributed by atoms with E-state index in [9.17, 15) is 27.2 Å². The zero-order valence-corrected chi connectivity index (χ0v) is 19.8. The molecule has 2 amide bonds. The number of benzene rings is 2. The maximum Gasteiger partial charge on any atom is 0.573 e. The van der Waals surface area contributed by atoms with Crippen molar-refractivity contribution in [2.45, 2.75) is 32.2 Å². The van der Waals surface area contributed by atoms with Crippen LogP contribution in [-0.4, -0.2) is 55.1 Å². The zero-order chi connectivity index (χ0) is 26.6. The molecule has 11 heteroatoms. The van der Waals surface area contributed by atoms with E-state index in [4.69, 9.17) is 5.41 Å². The number of alkyl halides is 3. The van der Waals surface area contributed by atoms with Gasteiger partial charge in [0.25, 0.3) is 5.91 Å². The molecule has 2 aromatic rings. The Hall–Kier alpha value is -3.76. The van der Waals surface area contributed by atoms with Crippen LogP contribution in [0.1, 0.15) is 35.7 Å². The van der Waals surface area contributed by atoms with E-state index in [1.165, 1.54) is 18.2 Å². The van der Waals surface area contributed by atoms with Gasteiger partial charge in [-0.1, -0.05) is 32.0 Å². The number of nitrogens with one attached hydrogen (secondary N) is 2. The predicted molar refractivity (Wildman–Crippen MR) is 127 cm³/mol. The fourth-order valence-corrected chi connectivity index (χ4v) is 4.39. The first kappa shape index (κ1) is 26.8. The summed E-state index contributed by atoms with van der Waals surface area (Å²) in [5, 5.41) is 10.4. The molecule has 0 aromatic heterocycles. The van der Waals surface area contributed by atoms with Crippen LogP contribution in [0.3, 0.4) is 0 Å². The second-order valence-electron chi connectivity index (χ2n) is 8.77. The van der Waals surface area contributed by atoms with Gasteiger partial charge in [0.05, 0.1) is 17.9 Å². The van der Waals surface area contributed by atoms with E-state index in [0.29, 0.717) is 17.2 Å². The summed E-state index contributed by atoms with van der Waals surface area (Å²) in [5.74, 6) is -4.60. The summed E-state index contributed by atoms with van der Waals surface area (Å²) in [4.78, 5) is 32.6. The fourth-order valence-electron chi connectivity index (χ4n) is 4.39. The highest BCUT2D eigenvalue weighted by Gasteiger charge is 2.46. The van der Waals surface area contributed by atoms with Crippen molar-refractivity contribution in [2.75, 3.05) is 18.9 Å². The number of aliphatic imine (C=N–C) groups is 1. The standard InChI is InChI=1S/C25H26F4N4O3/c1-14(2)13-33-22(15(11-30)12-31-3)21(19-6-4-5-7-20(19)24(33)35)23(34)32-17-8-16(26)9-18(10-17)36-25(27,28)29/h4-12,14-15,21-22,30H,13H2,1-3H3,(H,32,34)/t15?,21-,22+/m1/s1. The van der Waals surface area contributed by atoms with Crippen molar-refractivity contribution >= 4 is 29.9 Å². The first-order valence-corrected chi connectivity index (χ1v) is 11.1. The largest absolute Gasteiger partial charge is 0.573 e. The lowest BCUT2D eigenvalue weighted by Gasteiger charge is -2.44. The van der Waals surface area contributed by atoms with Gasteiger partial charge in [-0.3, -0.25) is 9.59 Å². The van der Waals surface area contributed by atoms with E-state index in [0.717, 1.165) is 18.3 Å². The molecule has 36 heavy (non-hydrogen) atoms. The maximum atomic E-state index is 14.1. The van der Waals surface area contributed by atoms with E-state index in [1.807, 2.05) is 13.8 Å². The van der Waals surface area contributed by atoms with Crippen molar-refractivity contribution in [3.8, 4) is 5.75 Å². The monoisotopic (exact) mass is 506 g/mol. The summed E-state index contributed by atoms with van der Waals surface area (Å²) < 4.78 is 55.8. The number of amides is 2. The van der Waals surface area contributed by atoms with E-state index in [-0.39, 0.29) is 24.1 Å². The van der Waals surface area contributed by atoms with Gasteiger partial charge in [0.2, 0.25) is 5.91 Å². The van der Waals surface area contributed by atoms with Crippen LogP contribution in [0, 0.1) is 23.1 Å². The molecule has 2 aromatic carbocycles. The predicted octanol–water partition coefficient (Wildman–Crippen LogP) is 4.89. The molecule has 192 valence electrons. The summed E-state index contributed by atoms with van der Waals surface area (Å²) in [6.07, 6.45) is -2.50. The minimum Gasteiger partial charge on any atom is -0.406 e. The molecule has 1 unspecified atom stereocenters. The van der Waals surface area contributed by atoms with E-state index in [1.54, 1.807) is 24.3 Å². The SMILES string of the molecule is CN=CC(C=N)[C@H]1[C@H](C(=O)Nc2cc(F)cc(OC(F)(F)F)c2)c2ccccc2C(=O)N1CC(C)C. The maximum absolute atomic E-state index is 14.1. The van der Waals surface area contributed by atoms with Gasteiger partial charge in [-0.05, 0) is 23.6 Å². The third-order valence-corrected chi connectivity index (χ3v) is 5.61. The van der Waals surface area contributed by atoms with Crippen molar-refractivity contribution in [3.63, 3.8) is 0 Å². The number of carbonyl (C=O) groups excluding carboxylic acids is 2. The van der Waals surface area contributed by atoms with Crippen LogP contribution >= 0.6 is 0 Å². The summed E-state index contributed by atoms with van der Waals surface area (Å²) in [5.41, 5.74) is 0.440. The first-order valence-electron chi connectivity index (χ1n) is 11.1. The Balaban J connectivity index is 2.10. The molecular weight excluding hydrogens is 480 g/mol. The van der Waals surface area contributed by atoms with Crippen LogP contribution in [0.25, 0.3) is 0 Å². The molecule has 3 atom stereocenters. The Bertz CT molecular complexity index is 1170. The number of hydrogen-bond acceptors (Lipinski definition) is 5. The average molecular weight is 507 g/mol. The molecule has 0 saturated carbocycles. The van der Waals surface area contributed by atoms with Crippen LogP contribution in [0.15, 0.2) is 47.5 Å². The van der Waals surface area contributed by atoms with Gasteiger partial charge in [0.15, 0.2) is 0 Å². The molecule has 0 fully saturated rings. The topological polar surface area (TPSA) is 94.9 Å². The summed E-state index contributed by atoms with van der Waals surface area (Å²) in [6, 6.07) is 7.95. The molecule has 2 N–H and O–H groups in total. The van der Waals surface area contributed by atoms with Gasteiger partial charge in [0, 0.05) is 49.4 Å². The van der Waals surface area contributed by atoms with Crippen molar-refractivity contribution in [1.82, 2.24) is 4.90 Å². The summed E-state index contributed by atoms with van der Waals surface area (Å²) >= 11 is 0. The molecule has 3 rings (SSSR count). The van der Waals surface area contributed by atoms with Gasteiger partial charge < -0.3 is 25.4 Å². The van der Waals surface area contributed by atoms with Crippen molar-refractivity contribution in [2.24, 2.45) is 16.8 Å². The van der Waals surface area contributed by atoms with Crippen LogP contribution in [-0.2, 0) is 4.79 Å². The number of hydrogen-bond donors (Lipinski definition) is 2. The normalized spacial score (nSPS) is 18.8. The molecular formula is C25H26F4N4O3. The molecule has 1 aliphatic heterocycles. The van der Waals surface area contributed by atoms with Gasteiger partial charge in [-0.15, -0.1) is 13.2 Å². The smallest absolute Gasteiger partial charge is 0.406 e. The Morgan fingerprint density at radius 1 is 1.25 bits per heavy atom. The van der Waals surface area contributed by atoms with E-state index < -0.39 is 41.7 Å². The van der Waals surface area contributed by atoms with E-state index in [2.05, 4.69) is 15.0 Å². The number of fused-ring (bicyclic) bond motifs is 1. The number of rotatable bonds is 8. The minimum absolute atomic E-state index is 0.0284. The molecule has 0 spiro atoms. The van der Waals surface area contributed by atoms with Gasteiger partial charge >= 0.3 is 6.36 Å². The van der Waals surface area contributed by atoms with Crippen LogP contribution < -0.4 is 10.1 Å². The van der Waals surface area contributed by atoms with Crippen LogP contribution in [0.2, 0.25) is 0 Å². The minimum atomic E-state index is -5.04. The Morgan fingerprint density at radius 2 is 1.94 bits per heavy atom. The second-order valence-corrected chi connectivity index (χ2v) is 8.77. The number of halogens is 4. The highest BCUT2D eigenvalue weighted by atomic mass is 19.4. The number of ether oxygens (including phenoxy) is 1. The molecule has 0 bridgehead atoms.